The Hall–Kier alpha value is -1.63. The maximum absolute atomic E-state index is 13.7. The Bertz CT molecular complexity index is 472. The summed E-state index contributed by atoms with van der Waals surface area (Å²) >= 11 is 0. The number of halogens is 4. The van der Waals surface area contributed by atoms with Crippen LogP contribution >= 0.6 is 0 Å². The third-order valence-electron chi connectivity index (χ3n) is 2.51. The molecule has 0 spiro atoms. The Kier molecular flexibility index (Phi) is 5.50. The number of nitrogens with one attached hydrogen (secondary N) is 2. The minimum atomic E-state index is -4.82. The molecule has 0 saturated heterocycles. The van der Waals surface area contributed by atoms with Gasteiger partial charge in [0.25, 0.3) is 5.91 Å². The molecule has 3 nitrogen and oxygen atoms in total. The van der Waals surface area contributed by atoms with Gasteiger partial charge in [0.1, 0.15) is 5.82 Å². The van der Waals surface area contributed by atoms with Gasteiger partial charge in [-0.25, -0.2) is 4.39 Å². The molecular formula is C13H16F4N2O. The summed E-state index contributed by atoms with van der Waals surface area (Å²) in [6.07, 6.45) is -4.82. The molecule has 2 N–H and O–H groups in total. The van der Waals surface area contributed by atoms with Gasteiger partial charge in [0.2, 0.25) is 0 Å². The Morgan fingerprint density at radius 3 is 2.45 bits per heavy atom. The lowest BCUT2D eigenvalue weighted by atomic mass is 10.1. The molecule has 0 atom stereocenters. The predicted molar refractivity (Wildman–Crippen MR) is 66.9 cm³/mol. The van der Waals surface area contributed by atoms with Crippen LogP contribution in [0.2, 0.25) is 0 Å². The number of rotatable bonds is 5. The topological polar surface area (TPSA) is 41.1 Å². The molecule has 0 radical (unpaired) electrons. The zero-order valence-electron chi connectivity index (χ0n) is 11.1. The first-order valence-corrected chi connectivity index (χ1v) is 6.10. The molecule has 0 aliphatic rings. The van der Waals surface area contributed by atoms with E-state index in [0.29, 0.717) is 12.6 Å². The van der Waals surface area contributed by atoms with Crippen LogP contribution in [0.1, 0.15) is 29.8 Å². The van der Waals surface area contributed by atoms with Gasteiger partial charge >= 0.3 is 6.18 Å². The first kappa shape index (κ1) is 16.4. The van der Waals surface area contributed by atoms with Crippen LogP contribution in [0.25, 0.3) is 0 Å². The van der Waals surface area contributed by atoms with Crippen molar-refractivity contribution in [2.75, 3.05) is 13.1 Å². The van der Waals surface area contributed by atoms with E-state index in [1.165, 1.54) is 0 Å². The average molecular weight is 292 g/mol. The molecule has 0 heterocycles. The van der Waals surface area contributed by atoms with E-state index in [0.717, 1.165) is 12.1 Å². The van der Waals surface area contributed by atoms with Crippen LogP contribution in [0.3, 0.4) is 0 Å². The Morgan fingerprint density at radius 2 is 1.90 bits per heavy atom. The summed E-state index contributed by atoms with van der Waals surface area (Å²) in [6, 6.07) is 2.85. The van der Waals surface area contributed by atoms with Gasteiger partial charge < -0.3 is 10.6 Å². The van der Waals surface area contributed by atoms with E-state index < -0.39 is 29.0 Å². The maximum atomic E-state index is 13.7. The van der Waals surface area contributed by atoms with Gasteiger partial charge in [-0.05, 0) is 12.1 Å². The van der Waals surface area contributed by atoms with Crippen molar-refractivity contribution in [3.63, 3.8) is 0 Å². The van der Waals surface area contributed by atoms with E-state index in [-0.39, 0.29) is 12.6 Å². The first-order valence-electron chi connectivity index (χ1n) is 6.10. The first-order chi connectivity index (χ1) is 9.23. The van der Waals surface area contributed by atoms with E-state index in [1.54, 1.807) is 0 Å². The van der Waals surface area contributed by atoms with E-state index >= 15 is 0 Å². The zero-order valence-corrected chi connectivity index (χ0v) is 11.1. The van der Waals surface area contributed by atoms with Crippen LogP contribution in [-0.4, -0.2) is 25.0 Å². The molecule has 0 aliphatic heterocycles. The fourth-order valence-electron chi connectivity index (χ4n) is 1.56. The number of carbonyl (C=O) groups excluding carboxylic acids is 1. The molecule has 0 aromatic heterocycles. The van der Waals surface area contributed by atoms with Crippen LogP contribution in [0.5, 0.6) is 0 Å². The summed E-state index contributed by atoms with van der Waals surface area (Å²) in [5.74, 6) is -2.41. The van der Waals surface area contributed by atoms with Crippen molar-refractivity contribution in [2.45, 2.75) is 26.1 Å². The largest absolute Gasteiger partial charge is 0.419 e. The van der Waals surface area contributed by atoms with Gasteiger partial charge in [0, 0.05) is 19.1 Å². The molecule has 0 aliphatic carbocycles. The van der Waals surface area contributed by atoms with Gasteiger partial charge in [-0.15, -0.1) is 0 Å². The highest BCUT2D eigenvalue weighted by Crippen LogP contribution is 2.32. The molecule has 20 heavy (non-hydrogen) atoms. The lowest BCUT2D eigenvalue weighted by Gasteiger charge is -2.12. The van der Waals surface area contributed by atoms with E-state index in [1.807, 2.05) is 13.8 Å². The maximum Gasteiger partial charge on any atom is 0.419 e. The average Bonchev–Trinajstić information content (AvgIpc) is 2.33. The lowest BCUT2D eigenvalue weighted by Crippen LogP contribution is -2.35. The molecule has 1 aromatic carbocycles. The number of carbonyl (C=O) groups is 1. The Balaban J connectivity index is 2.74. The summed E-state index contributed by atoms with van der Waals surface area (Å²) in [7, 11) is 0. The fourth-order valence-corrected chi connectivity index (χ4v) is 1.56. The van der Waals surface area contributed by atoms with E-state index in [9.17, 15) is 22.4 Å². The molecule has 0 saturated carbocycles. The van der Waals surface area contributed by atoms with Crippen molar-refractivity contribution < 1.29 is 22.4 Å². The Morgan fingerprint density at radius 1 is 1.25 bits per heavy atom. The van der Waals surface area contributed by atoms with Crippen molar-refractivity contribution >= 4 is 5.91 Å². The number of benzene rings is 1. The highest BCUT2D eigenvalue weighted by Gasteiger charge is 2.35. The van der Waals surface area contributed by atoms with Crippen molar-refractivity contribution in [1.82, 2.24) is 10.6 Å². The molecule has 7 heteroatoms. The van der Waals surface area contributed by atoms with Gasteiger partial charge in [-0.3, -0.25) is 4.79 Å². The zero-order chi connectivity index (χ0) is 15.3. The van der Waals surface area contributed by atoms with E-state index in [4.69, 9.17) is 0 Å². The van der Waals surface area contributed by atoms with Crippen LogP contribution in [0, 0.1) is 5.82 Å². The van der Waals surface area contributed by atoms with Crippen LogP contribution in [-0.2, 0) is 6.18 Å². The van der Waals surface area contributed by atoms with Gasteiger partial charge in [-0.2, -0.15) is 13.2 Å². The fraction of sp³-hybridized carbons (Fsp3) is 0.462. The van der Waals surface area contributed by atoms with Gasteiger partial charge in [-0.1, -0.05) is 19.9 Å². The van der Waals surface area contributed by atoms with E-state index in [2.05, 4.69) is 10.6 Å². The SMILES string of the molecule is CC(C)NCCNC(=O)c1cccc(C(F)(F)F)c1F. The molecular weight excluding hydrogens is 276 g/mol. The van der Waals surface area contributed by atoms with Crippen LogP contribution in [0.4, 0.5) is 17.6 Å². The summed E-state index contributed by atoms with van der Waals surface area (Å²) in [5, 5.41) is 5.38. The highest BCUT2D eigenvalue weighted by atomic mass is 19.4. The molecule has 0 bridgehead atoms. The van der Waals surface area contributed by atoms with Gasteiger partial charge in [0.05, 0.1) is 11.1 Å². The summed E-state index contributed by atoms with van der Waals surface area (Å²) in [6.45, 7) is 4.47. The number of hydrogen-bond acceptors (Lipinski definition) is 2. The molecule has 0 unspecified atom stereocenters. The quantitative estimate of drug-likeness (QED) is 0.647. The van der Waals surface area contributed by atoms with Crippen molar-refractivity contribution in [3.8, 4) is 0 Å². The second-order valence-corrected chi connectivity index (χ2v) is 4.53. The summed E-state index contributed by atoms with van der Waals surface area (Å²) in [5.41, 5.74) is -2.05. The van der Waals surface area contributed by atoms with Crippen molar-refractivity contribution in [2.24, 2.45) is 0 Å². The standard InChI is InChI=1S/C13H16F4N2O/c1-8(2)18-6-7-19-12(20)9-4-3-5-10(11(9)14)13(15,16)17/h3-5,8,18H,6-7H2,1-2H3,(H,19,20). The summed E-state index contributed by atoms with van der Waals surface area (Å²) in [4.78, 5) is 11.6. The molecule has 112 valence electrons. The minimum Gasteiger partial charge on any atom is -0.351 e. The second kappa shape index (κ2) is 6.69. The third-order valence-corrected chi connectivity index (χ3v) is 2.51. The Labute approximate surface area is 114 Å². The van der Waals surface area contributed by atoms with Gasteiger partial charge in [0.15, 0.2) is 0 Å². The predicted octanol–water partition coefficient (Wildman–Crippen LogP) is 2.57. The third kappa shape index (κ3) is 4.48. The van der Waals surface area contributed by atoms with Crippen molar-refractivity contribution in [3.05, 3.63) is 35.1 Å². The monoisotopic (exact) mass is 292 g/mol. The molecule has 1 amide bonds. The van der Waals surface area contributed by atoms with Crippen LogP contribution < -0.4 is 10.6 Å². The van der Waals surface area contributed by atoms with Crippen LogP contribution in [0.15, 0.2) is 18.2 Å². The number of alkyl halides is 3. The second-order valence-electron chi connectivity index (χ2n) is 4.53. The molecule has 1 rings (SSSR count). The molecule has 0 fully saturated rings. The van der Waals surface area contributed by atoms with Crippen molar-refractivity contribution in [1.29, 1.82) is 0 Å². The molecule has 1 aromatic rings. The highest BCUT2D eigenvalue weighted by molar-refractivity contribution is 5.94. The normalized spacial score (nSPS) is 11.8. The minimum absolute atomic E-state index is 0.201. The lowest BCUT2D eigenvalue weighted by molar-refractivity contribution is -0.140. The summed E-state index contributed by atoms with van der Waals surface area (Å²) < 4.78 is 51.2. The number of hydrogen-bond donors (Lipinski definition) is 2. The number of amides is 1. The smallest absolute Gasteiger partial charge is 0.351 e.